The summed E-state index contributed by atoms with van der Waals surface area (Å²) in [6.45, 7) is 6.02. The molecule has 144 valence electrons. The van der Waals surface area contributed by atoms with Crippen molar-refractivity contribution in [3.05, 3.63) is 72.1 Å². The van der Waals surface area contributed by atoms with E-state index in [0.29, 0.717) is 11.4 Å². The van der Waals surface area contributed by atoms with Crippen molar-refractivity contribution in [3.63, 3.8) is 0 Å². The molecule has 0 aliphatic carbocycles. The minimum absolute atomic E-state index is 0.116. The van der Waals surface area contributed by atoms with E-state index in [1.54, 1.807) is 12.1 Å². The summed E-state index contributed by atoms with van der Waals surface area (Å²) in [5.74, 6) is -1.06. The molecule has 1 aromatic heterocycles. The first-order valence-corrected chi connectivity index (χ1v) is 9.15. The van der Waals surface area contributed by atoms with Crippen LogP contribution in [0, 0.1) is 0 Å². The smallest absolute Gasteiger partial charge is 0.276 e. The normalized spacial score (nSPS) is 10.5. The van der Waals surface area contributed by atoms with E-state index in [2.05, 4.69) is 29.2 Å². The number of nitrogens with zero attached hydrogens (tertiary/aromatic N) is 3. The second kappa shape index (κ2) is 8.39. The number of para-hydroxylation sites is 1. The molecule has 28 heavy (non-hydrogen) atoms. The maximum Gasteiger partial charge on any atom is 0.276 e. The van der Waals surface area contributed by atoms with Crippen molar-refractivity contribution in [1.29, 1.82) is 0 Å². The highest BCUT2D eigenvalue weighted by Gasteiger charge is 2.18. The van der Waals surface area contributed by atoms with Crippen molar-refractivity contribution in [2.75, 3.05) is 23.3 Å². The van der Waals surface area contributed by atoms with Gasteiger partial charge in [0.2, 0.25) is 0 Å². The van der Waals surface area contributed by atoms with E-state index in [0.717, 1.165) is 18.8 Å². The summed E-state index contributed by atoms with van der Waals surface area (Å²) in [5.41, 5.74) is 8.11. The molecule has 2 amide bonds. The van der Waals surface area contributed by atoms with Crippen LogP contribution in [0.4, 0.5) is 11.4 Å². The zero-order chi connectivity index (χ0) is 20.1. The van der Waals surface area contributed by atoms with E-state index >= 15 is 0 Å². The lowest BCUT2D eigenvalue weighted by molar-refractivity contribution is 0.0991. The highest BCUT2D eigenvalue weighted by molar-refractivity contribution is 6.04. The van der Waals surface area contributed by atoms with Gasteiger partial charge in [0.1, 0.15) is 5.69 Å². The van der Waals surface area contributed by atoms with Crippen LogP contribution in [-0.4, -0.2) is 34.7 Å². The number of anilines is 2. The Morgan fingerprint density at radius 1 is 1.04 bits per heavy atom. The maximum absolute atomic E-state index is 12.6. The number of aromatic nitrogens is 2. The van der Waals surface area contributed by atoms with Crippen LogP contribution in [0.5, 0.6) is 0 Å². The van der Waals surface area contributed by atoms with Crippen LogP contribution in [0.2, 0.25) is 0 Å². The molecule has 0 aliphatic heterocycles. The molecule has 0 aliphatic rings. The average Bonchev–Trinajstić information content (AvgIpc) is 3.17. The van der Waals surface area contributed by atoms with Crippen molar-refractivity contribution < 1.29 is 9.59 Å². The van der Waals surface area contributed by atoms with E-state index in [-0.39, 0.29) is 11.4 Å². The van der Waals surface area contributed by atoms with E-state index in [9.17, 15) is 9.59 Å². The maximum atomic E-state index is 12.6. The van der Waals surface area contributed by atoms with Crippen molar-refractivity contribution in [1.82, 2.24) is 9.78 Å². The van der Waals surface area contributed by atoms with Crippen LogP contribution in [-0.2, 0) is 0 Å². The molecule has 7 heteroatoms. The number of primary amides is 1. The largest absolute Gasteiger partial charge is 0.372 e. The van der Waals surface area contributed by atoms with Gasteiger partial charge in [0, 0.05) is 30.5 Å². The van der Waals surface area contributed by atoms with Gasteiger partial charge in [-0.05, 0) is 50.2 Å². The van der Waals surface area contributed by atoms with Crippen molar-refractivity contribution in [2.24, 2.45) is 5.73 Å². The van der Waals surface area contributed by atoms with Crippen LogP contribution < -0.4 is 16.0 Å². The number of hydrogen-bond donors (Lipinski definition) is 2. The van der Waals surface area contributed by atoms with Gasteiger partial charge in [0.15, 0.2) is 5.69 Å². The van der Waals surface area contributed by atoms with Gasteiger partial charge in [-0.3, -0.25) is 9.59 Å². The van der Waals surface area contributed by atoms with Crippen LogP contribution in [0.1, 0.15) is 34.8 Å². The molecule has 7 nitrogen and oxygen atoms in total. The minimum Gasteiger partial charge on any atom is -0.372 e. The van der Waals surface area contributed by atoms with Crippen molar-refractivity contribution in [3.8, 4) is 5.69 Å². The monoisotopic (exact) mass is 377 g/mol. The lowest BCUT2D eigenvalue weighted by Gasteiger charge is -2.21. The van der Waals surface area contributed by atoms with Gasteiger partial charge in [-0.15, -0.1) is 0 Å². The van der Waals surface area contributed by atoms with Gasteiger partial charge in [-0.2, -0.15) is 5.10 Å². The van der Waals surface area contributed by atoms with Gasteiger partial charge >= 0.3 is 0 Å². The summed E-state index contributed by atoms with van der Waals surface area (Å²) in [5, 5.41) is 7.07. The first-order chi connectivity index (χ1) is 13.5. The fourth-order valence-electron chi connectivity index (χ4n) is 2.97. The van der Waals surface area contributed by atoms with Crippen molar-refractivity contribution >= 4 is 23.2 Å². The number of nitrogens with one attached hydrogen (secondary N) is 1. The SMILES string of the molecule is CCN(CC)c1ccc(NC(=O)c2cc(C(N)=O)n(-c3ccccc3)n2)cc1. The van der Waals surface area contributed by atoms with Gasteiger partial charge in [0.05, 0.1) is 5.69 Å². The zero-order valence-electron chi connectivity index (χ0n) is 15.9. The van der Waals surface area contributed by atoms with Crippen LogP contribution in [0.3, 0.4) is 0 Å². The van der Waals surface area contributed by atoms with E-state index in [1.165, 1.54) is 10.7 Å². The number of nitrogens with two attached hydrogens (primary N) is 1. The van der Waals surface area contributed by atoms with E-state index in [4.69, 9.17) is 5.73 Å². The predicted molar refractivity (Wildman–Crippen MR) is 110 cm³/mol. The summed E-state index contributed by atoms with van der Waals surface area (Å²) < 4.78 is 1.38. The van der Waals surface area contributed by atoms with Crippen molar-refractivity contribution in [2.45, 2.75) is 13.8 Å². The first-order valence-electron chi connectivity index (χ1n) is 9.15. The summed E-state index contributed by atoms with van der Waals surface area (Å²) >= 11 is 0. The molecule has 2 aromatic carbocycles. The van der Waals surface area contributed by atoms with Crippen LogP contribution in [0.15, 0.2) is 60.7 Å². The predicted octanol–water partition coefficient (Wildman–Crippen LogP) is 3.07. The molecule has 3 rings (SSSR count). The second-order valence-corrected chi connectivity index (χ2v) is 6.20. The lowest BCUT2D eigenvalue weighted by Crippen LogP contribution is -2.21. The number of carbonyl (C=O) groups is 2. The lowest BCUT2D eigenvalue weighted by atomic mass is 10.2. The zero-order valence-corrected chi connectivity index (χ0v) is 15.9. The number of carbonyl (C=O) groups excluding carboxylic acids is 2. The summed E-state index contributed by atoms with van der Waals surface area (Å²) in [6.07, 6.45) is 0. The topological polar surface area (TPSA) is 93.3 Å². The average molecular weight is 377 g/mol. The Morgan fingerprint density at radius 3 is 2.25 bits per heavy atom. The van der Waals surface area contributed by atoms with Crippen LogP contribution >= 0.6 is 0 Å². The standard InChI is InChI=1S/C21H23N5O2/c1-3-25(4-2)16-12-10-15(11-13-16)23-21(28)18-14-19(20(22)27)26(24-18)17-8-6-5-7-9-17/h5-14H,3-4H2,1-2H3,(H2,22,27)(H,23,28). The highest BCUT2D eigenvalue weighted by atomic mass is 16.2. The molecular formula is C21H23N5O2. The molecule has 0 spiro atoms. The third kappa shape index (κ3) is 4.03. The fourth-order valence-corrected chi connectivity index (χ4v) is 2.97. The molecule has 0 saturated heterocycles. The first kappa shape index (κ1) is 19.2. The van der Waals surface area contributed by atoms with E-state index in [1.807, 2.05) is 42.5 Å². The third-order valence-electron chi connectivity index (χ3n) is 4.45. The minimum atomic E-state index is -0.654. The molecule has 3 N–H and O–H groups in total. The second-order valence-electron chi connectivity index (χ2n) is 6.20. The van der Waals surface area contributed by atoms with Gasteiger partial charge in [-0.1, -0.05) is 18.2 Å². The summed E-state index contributed by atoms with van der Waals surface area (Å²) in [4.78, 5) is 26.6. The molecule has 0 atom stereocenters. The highest BCUT2D eigenvalue weighted by Crippen LogP contribution is 2.19. The molecule has 3 aromatic rings. The Hall–Kier alpha value is -3.61. The van der Waals surface area contributed by atoms with Gasteiger partial charge in [0.25, 0.3) is 11.8 Å². The number of hydrogen-bond acceptors (Lipinski definition) is 4. The molecule has 0 radical (unpaired) electrons. The summed E-state index contributed by atoms with van der Waals surface area (Å²) in [6, 6.07) is 18.1. The van der Waals surface area contributed by atoms with Gasteiger partial charge < -0.3 is 16.0 Å². The molecule has 0 fully saturated rings. The molecule has 0 bridgehead atoms. The molecule has 1 heterocycles. The Kier molecular flexibility index (Phi) is 5.74. The number of rotatable bonds is 7. The number of benzene rings is 2. The Balaban J connectivity index is 1.82. The Labute approximate surface area is 163 Å². The third-order valence-corrected chi connectivity index (χ3v) is 4.45. The van der Waals surface area contributed by atoms with Gasteiger partial charge in [-0.25, -0.2) is 4.68 Å². The molecule has 0 unspecified atom stereocenters. The number of amides is 2. The summed E-state index contributed by atoms with van der Waals surface area (Å²) in [7, 11) is 0. The Bertz CT molecular complexity index is 960. The fraction of sp³-hybridized carbons (Fsp3) is 0.190. The van der Waals surface area contributed by atoms with E-state index < -0.39 is 11.8 Å². The van der Waals surface area contributed by atoms with Crippen LogP contribution in [0.25, 0.3) is 5.69 Å². The molecular weight excluding hydrogens is 354 g/mol. The quantitative estimate of drug-likeness (QED) is 0.662. The Morgan fingerprint density at radius 2 is 1.68 bits per heavy atom. The molecule has 0 saturated carbocycles.